The molecule has 0 radical (unpaired) electrons. The van der Waals surface area contributed by atoms with Crippen LogP contribution in [-0.2, 0) is 10.2 Å². The number of H-pyrrole nitrogens is 1. The van der Waals surface area contributed by atoms with Crippen molar-refractivity contribution in [1.82, 2.24) is 24.3 Å². The third-order valence-corrected chi connectivity index (χ3v) is 10.7. The Morgan fingerprint density at radius 3 is 2.55 bits per heavy atom. The van der Waals surface area contributed by atoms with E-state index in [1.165, 1.54) is 12.5 Å². The fourth-order valence-electron chi connectivity index (χ4n) is 6.42. The molecule has 2 aliphatic rings. The third-order valence-electron chi connectivity index (χ3n) is 9.24. The average Bonchev–Trinajstić information content (AvgIpc) is 3.91. The van der Waals surface area contributed by atoms with E-state index in [-0.39, 0.29) is 25.1 Å². The molecule has 0 amide bonds. The molecule has 7 rings (SSSR count). The van der Waals surface area contributed by atoms with Gasteiger partial charge in [0.25, 0.3) is 5.88 Å². The summed E-state index contributed by atoms with van der Waals surface area (Å²) < 4.78 is 82.9. The number of ether oxygens (including phenoxy) is 1. The second-order valence-corrected chi connectivity index (χ2v) is 14.2. The van der Waals surface area contributed by atoms with Crippen molar-refractivity contribution < 1.29 is 35.6 Å². The molecular formula is C35H36F3N7O5S. The zero-order valence-electron chi connectivity index (χ0n) is 27.5. The van der Waals surface area contributed by atoms with E-state index in [2.05, 4.69) is 24.9 Å². The summed E-state index contributed by atoms with van der Waals surface area (Å²) in [5, 5.41) is 4.09. The van der Waals surface area contributed by atoms with E-state index in [0.717, 1.165) is 73.3 Å². The Morgan fingerprint density at radius 1 is 1.02 bits per heavy atom. The summed E-state index contributed by atoms with van der Waals surface area (Å²) in [4.78, 5) is 25.7. The van der Waals surface area contributed by atoms with Crippen LogP contribution in [0.15, 0.2) is 71.7 Å². The maximum atomic E-state index is 15.6. The Morgan fingerprint density at radius 2 is 1.82 bits per heavy atom. The van der Waals surface area contributed by atoms with Gasteiger partial charge in [-0.25, -0.2) is 18.2 Å². The molecule has 16 heteroatoms. The topological polar surface area (TPSA) is 137 Å². The number of nitrogens with zero attached hydrogens (tertiary/aromatic N) is 5. The third kappa shape index (κ3) is 7.57. The van der Waals surface area contributed by atoms with E-state index in [4.69, 9.17) is 9.26 Å². The first-order chi connectivity index (χ1) is 24.7. The Balaban J connectivity index is 1.00. The molecule has 0 unspecified atom stereocenters. The van der Waals surface area contributed by atoms with Crippen molar-refractivity contribution in [3.8, 4) is 17.0 Å². The number of aromatic amines is 1. The fourth-order valence-corrected chi connectivity index (χ4v) is 7.69. The summed E-state index contributed by atoms with van der Waals surface area (Å²) in [7, 11) is -4.33. The van der Waals surface area contributed by atoms with Crippen LogP contribution in [0, 0.1) is 11.6 Å². The van der Waals surface area contributed by atoms with Gasteiger partial charge < -0.3 is 19.1 Å². The lowest BCUT2D eigenvalue weighted by Crippen LogP contribution is -2.46. The van der Waals surface area contributed by atoms with Crippen LogP contribution in [0.2, 0.25) is 0 Å². The maximum Gasteiger partial charge on any atom is 0.301 e. The summed E-state index contributed by atoms with van der Waals surface area (Å²) in [6.07, 6.45) is 5.09. The first kappa shape index (κ1) is 34.5. The molecule has 3 aromatic heterocycles. The highest BCUT2D eigenvalue weighted by Crippen LogP contribution is 2.31. The molecule has 0 spiro atoms. The maximum absolute atomic E-state index is 15.6. The number of ketones is 1. The Bertz CT molecular complexity index is 2100. The minimum Gasteiger partial charge on any atom is -0.476 e. The number of halogens is 3. The van der Waals surface area contributed by atoms with Crippen molar-refractivity contribution in [1.29, 1.82) is 0 Å². The van der Waals surface area contributed by atoms with Crippen LogP contribution in [0.1, 0.15) is 35.2 Å². The average molecular weight is 724 g/mol. The number of fused-ring (bicyclic) bond motifs is 1. The van der Waals surface area contributed by atoms with E-state index in [1.54, 1.807) is 18.3 Å². The van der Waals surface area contributed by atoms with Crippen LogP contribution in [0.25, 0.3) is 22.2 Å². The molecule has 2 fully saturated rings. The van der Waals surface area contributed by atoms with Gasteiger partial charge in [0.15, 0.2) is 5.82 Å². The van der Waals surface area contributed by atoms with Crippen LogP contribution in [0.5, 0.6) is 5.88 Å². The lowest BCUT2D eigenvalue weighted by atomic mass is 9.99. The molecule has 2 aliphatic heterocycles. The van der Waals surface area contributed by atoms with Gasteiger partial charge in [-0.3, -0.25) is 14.4 Å². The number of nitrogens with one attached hydrogen (secondary N) is 2. The smallest absolute Gasteiger partial charge is 0.301 e. The molecule has 0 aliphatic carbocycles. The number of anilines is 2. The van der Waals surface area contributed by atoms with E-state index in [9.17, 15) is 17.6 Å². The number of carbonyl (C=O) groups is 1. The second-order valence-electron chi connectivity index (χ2n) is 12.6. The molecular weight excluding hydrogens is 687 g/mol. The van der Waals surface area contributed by atoms with Crippen LogP contribution < -0.4 is 14.4 Å². The standard InChI is InChI=1S/C35H36F3N7O5S/c36-25-9-12-45(22-25)51(47,48)42-30-8-7-29(37)32(33(30)38)34(46)28-21-40-35-27(28)19-24(20-39-35)23-3-5-26(6-4-23)44-15-13-43(14-16-44)11-1-2-17-49-31-10-18-50-41-31/h3-8,10,18-21,25,42H,1-2,9,11-17,22H2,(H,39,40)/t25-/m1/s1. The van der Waals surface area contributed by atoms with Crippen LogP contribution in [0.3, 0.4) is 0 Å². The predicted molar refractivity (Wildman–Crippen MR) is 185 cm³/mol. The molecule has 0 bridgehead atoms. The predicted octanol–water partition coefficient (Wildman–Crippen LogP) is 5.41. The number of pyridine rings is 1. The van der Waals surface area contributed by atoms with Gasteiger partial charge in [-0.05, 0) is 66.9 Å². The lowest BCUT2D eigenvalue weighted by molar-refractivity contribution is 0.103. The Labute approximate surface area is 292 Å². The van der Waals surface area contributed by atoms with Gasteiger partial charge in [0.2, 0.25) is 5.78 Å². The quantitative estimate of drug-likeness (QED) is 0.121. The highest BCUT2D eigenvalue weighted by molar-refractivity contribution is 7.90. The minimum absolute atomic E-state index is 0.0137. The Kier molecular flexibility index (Phi) is 9.97. The first-order valence-corrected chi connectivity index (χ1v) is 18.1. The lowest BCUT2D eigenvalue weighted by Gasteiger charge is -2.36. The molecule has 5 aromatic rings. The van der Waals surface area contributed by atoms with Crippen molar-refractivity contribution in [2.24, 2.45) is 0 Å². The summed E-state index contributed by atoms with van der Waals surface area (Å²) in [6.45, 7) is 4.82. The van der Waals surface area contributed by atoms with Gasteiger partial charge in [-0.2, -0.15) is 12.7 Å². The van der Waals surface area contributed by atoms with E-state index >= 15 is 8.78 Å². The number of carbonyl (C=O) groups excluding carboxylic acids is 1. The van der Waals surface area contributed by atoms with Gasteiger partial charge in [-0.1, -0.05) is 12.1 Å². The van der Waals surface area contributed by atoms with Crippen LogP contribution >= 0.6 is 0 Å². The molecule has 268 valence electrons. The first-order valence-electron chi connectivity index (χ1n) is 16.7. The zero-order valence-corrected chi connectivity index (χ0v) is 28.3. The van der Waals surface area contributed by atoms with E-state index < -0.39 is 45.0 Å². The van der Waals surface area contributed by atoms with Crippen molar-refractivity contribution in [3.63, 3.8) is 0 Å². The van der Waals surface area contributed by atoms with Crippen molar-refractivity contribution in [3.05, 3.63) is 89.9 Å². The highest BCUT2D eigenvalue weighted by atomic mass is 32.2. The van der Waals surface area contributed by atoms with E-state index in [1.807, 2.05) is 29.0 Å². The number of aromatic nitrogens is 3. The van der Waals surface area contributed by atoms with E-state index in [0.29, 0.717) is 29.1 Å². The summed E-state index contributed by atoms with van der Waals surface area (Å²) in [6, 6.07) is 13.1. The molecule has 2 aromatic carbocycles. The number of piperazine rings is 1. The van der Waals surface area contributed by atoms with Gasteiger partial charge in [0.05, 0.1) is 17.9 Å². The Hall–Kier alpha value is -4.93. The minimum atomic E-state index is -4.33. The van der Waals surface area contributed by atoms with Gasteiger partial charge in [0, 0.05) is 79.9 Å². The number of benzene rings is 2. The summed E-state index contributed by atoms with van der Waals surface area (Å²) in [5.74, 6) is -3.01. The second kappa shape index (κ2) is 14.7. The number of hydrogen-bond donors (Lipinski definition) is 2. The highest BCUT2D eigenvalue weighted by Gasteiger charge is 2.33. The largest absolute Gasteiger partial charge is 0.476 e. The molecule has 1 atom stereocenters. The van der Waals surface area contributed by atoms with Gasteiger partial charge in [0.1, 0.15) is 23.9 Å². The molecule has 0 saturated carbocycles. The summed E-state index contributed by atoms with van der Waals surface area (Å²) in [5.41, 5.74) is 1.38. The van der Waals surface area contributed by atoms with Crippen molar-refractivity contribution >= 4 is 38.4 Å². The monoisotopic (exact) mass is 723 g/mol. The summed E-state index contributed by atoms with van der Waals surface area (Å²) >= 11 is 0. The molecule has 12 nitrogen and oxygen atoms in total. The molecule has 2 N–H and O–H groups in total. The molecule has 51 heavy (non-hydrogen) atoms. The van der Waals surface area contributed by atoms with Crippen LogP contribution in [-0.4, -0.2) is 97.1 Å². The van der Waals surface area contributed by atoms with Crippen LogP contribution in [0.4, 0.5) is 24.5 Å². The van der Waals surface area contributed by atoms with Gasteiger partial charge in [-0.15, -0.1) is 0 Å². The number of hydrogen-bond acceptors (Lipinski definition) is 9. The molecule has 5 heterocycles. The fraction of sp³-hybridized carbons (Fsp3) is 0.343. The van der Waals surface area contributed by atoms with Crippen molar-refractivity contribution in [2.75, 3.05) is 62.0 Å². The molecule has 2 saturated heterocycles. The normalized spacial score (nSPS) is 17.3. The number of alkyl halides is 1. The SMILES string of the molecule is O=C(c1c(F)ccc(NS(=O)(=O)N2CC[C@@H](F)C2)c1F)c1c[nH]c2ncc(-c3ccc(N4CCN(CCCCOc5ccon5)CC4)cc3)cc12. The number of rotatable bonds is 13. The van der Waals surface area contributed by atoms with Crippen molar-refractivity contribution in [2.45, 2.75) is 25.4 Å². The zero-order chi connectivity index (χ0) is 35.5. The number of unbranched alkanes of at least 4 members (excludes halogenated alkanes) is 1. The van der Waals surface area contributed by atoms with Gasteiger partial charge >= 0.3 is 10.2 Å².